The molecule has 90 valence electrons. The molecule has 1 aliphatic rings. The van der Waals surface area contributed by atoms with Crippen LogP contribution in [0.15, 0.2) is 10.6 Å². The summed E-state index contributed by atoms with van der Waals surface area (Å²) in [6, 6.07) is 2.09. The van der Waals surface area contributed by atoms with Crippen LogP contribution in [0.25, 0.3) is 0 Å². The number of hydrogen-bond donors (Lipinski definition) is 1. The van der Waals surface area contributed by atoms with E-state index in [4.69, 9.17) is 4.52 Å². The quantitative estimate of drug-likeness (QED) is 0.713. The van der Waals surface area contributed by atoms with Crippen molar-refractivity contribution >= 4 is 0 Å². The molecular weight excluding hydrogens is 202 g/mol. The first-order valence-electron chi connectivity index (χ1n) is 6.06. The summed E-state index contributed by atoms with van der Waals surface area (Å²) >= 11 is 0. The molecule has 1 N–H and O–H groups in total. The zero-order valence-electron chi connectivity index (χ0n) is 10.2. The summed E-state index contributed by atoms with van der Waals surface area (Å²) in [5.41, 5.74) is 1.03. The second-order valence-corrected chi connectivity index (χ2v) is 4.83. The molecule has 1 fully saturated rings. The molecule has 0 saturated heterocycles. The Bertz CT molecular complexity index is 318. The lowest BCUT2D eigenvalue weighted by atomic mass is 10.3. The van der Waals surface area contributed by atoms with E-state index in [2.05, 4.69) is 35.5 Å². The molecule has 4 nitrogen and oxygen atoms in total. The molecule has 4 heteroatoms. The van der Waals surface area contributed by atoms with Gasteiger partial charge in [0, 0.05) is 18.5 Å². The molecule has 0 amide bonds. The molecule has 0 spiro atoms. The second kappa shape index (κ2) is 5.46. The van der Waals surface area contributed by atoms with E-state index in [9.17, 15) is 0 Å². The number of nitrogens with zero attached hydrogens (tertiary/aromatic N) is 2. The Morgan fingerprint density at radius 2 is 2.31 bits per heavy atom. The fourth-order valence-electron chi connectivity index (χ4n) is 1.71. The van der Waals surface area contributed by atoms with E-state index < -0.39 is 0 Å². The third-order valence-electron chi connectivity index (χ3n) is 2.82. The number of rotatable bonds is 7. The maximum absolute atomic E-state index is 5.29. The van der Waals surface area contributed by atoms with Gasteiger partial charge in [-0.2, -0.15) is 0 Å². The summed E-state index contributed by atoms with van der Waals surface area (Å²) in [6.07, 6.45) is 3.70. The van der Waals surface area contributed by atoms with Crippen LogP contribution >= 0.6 is 0 Å². The molecule has 0 atom stereocenters. The molecule has 16 heavy (non-hydrogen) atoms. The fraction of sp³-hybridized carbons (Fsp3) is 0.750. The zero-order chi connectivity index (χ0) is 11.4. The van der Waals surface area contributed by atoms with Gasteiger partial charge in [-0.1, -0.05) is 5.16 Å². The molecular formula is C12H21N3O. The SMILES string of the molecule is CN(C)CCCNCc1cc(C2CC2)on1. The first-order valence-corrected chi connectivity index (χ1v) is 6.06. The van der Waals surface area contributed by atoms with Gasteiger partial charge in [0.05, 0.1) is 5.69 Å². The van der Waals surface area contributed by atoms with Gasteiger partial charge in [0.25, 0.3) is 0 Å². The topological polar surface area (TPSA) is 41.3 Å². The first kappa shape index (κ1) is 11.6. The Balaban J connectivity index is 1.61. The van der Waals surface area contributed by atoms with Crippen LogP contribution < -0.4 is 5.32 Å². The normalized spacial score (nSPS) is 15.9. The lowest BCUT2D eigenvalue weighted by molar-refractivity contribution is 0.373. The highest BCUT2D eigenvalue weighted by atomic mass is 16.5. The summed E-state index contributed by atoms with van der Waals surface area (Å²) in [5, 5.41) is 7.44. The standard InChI is InChI=1S/C12H21N3O/c1-15(2)7-3-6-13-9-11-8-12(16-14-11)10-4-5-10/h8,10,13H,3-7,9H2,1-2H3. The third-order valence-corrected chi connectivity index (χ3v) is 2.82. The maximum Gasteiger partial charge on any atom is 0.140 e. The number of hydrogen-bond acceptors (Lipinski definition) is 4. The van der Waals surface area contributed by atoms with Gasteiger partial charge in [-0.05, 0) is 46.4 Å². The highest BCUT2D eigenvalue weighted by Crippen LogP contribution is 2.40. The lowest BCUT2D eigenvalue weighted by Gasteiger charge is -2.08. The van der Waals surface area contributed by atoms with E-state index in [0.717, 1.165) is 31.1 Å². The third kappa shape index (κ3) is 3.61. The summed E-state index contributed by atoms with van der Waals surface area (Å²) in [7, 11) is 4.19. The Kier molecular flexibility index (Phi) is 3.96. The van der Waals surface area contributed by atoms with Gasteiger partial charge >= 0.3 is 0 Å². The smallest absolute Gasteiger partial charge is 0.140 e. The molecule has 0 radical (unpaired) electrons. The van der Waals surface area contributed by atoms with Crippen molar-refractivity contribution < 1.29 is 4.52 Å². The minimum Gasteiger partial charge on any atom is -0.361 e. The summed E-state index contributed by atoms with van der Waals surface area (Å²) in [5.74, 6) is 1.74. The summed E-state index contributed by atoms with van der Waals surface area (Å²) < 4.78 is 5.29. The van der Waals surface area contributed by atoms with E-state index in [1.807, 2.05) is 0 Å². The van der Waals surface area contributed by atoms with Gasteiger partial charge in [0.15, 0.2) is 0 Å². The van der Waals surface area contributed by atoms with Crippen LogP contribution in [0.1, 0.15) is 36.6 Å². The van der Waals surface area contributed by atoms with Gasteiger partial charge in [0.1, 0.15) is 5.76 Å². The first-order chi connectivity index (χ1) is 7.75. The van der Waals surface area contributed by atoms with E-state index in [1.165, 1.54) is 19.3 Å². The van der Waals surface area contributed by atoms with Crippen LogP contribution in [0.5, 0.6) is 0 Å². The minimum atomic E-state index is 0.662. The van der Waals surface area contributed by atoms with Crippen LogP contribution in [0.2, 0.25) is 0 Å². The highest BCUT2D eigenvalue weighted by Gasteiger charge is 2.27. The van der Waals surface area contributed by atoms with Crippen molar-refractivity contribution in [1.82, 2.24) is 15.4 Å². The fourth-order valence-corrected chi connectivity index (χ4v) is 1.71. The van der Waals surface area contributed by atoms with Crippen LogP contribution in [0, 0.1) is 0 Å². The average Bonchev–Trinajstić information content (AvgIpc) is 2.99. The predicted octanol–water partition coefficient (Wildman–Crippen LogP) is 1.59. The van der Waals surface area contributed by atoms with Crippen molar-refractivity contribution in [2.24, 2.45) is 0 Å². The Labute approximate surface area is 97.0 Å². The molecule has 0 bridgehead atoms. The predicted molar refractivity (Wildman–Crippen MR) is 63.4 cm³/mol. The van der Waals surface area contributed by atoms with Gasteiger partial charge < -0.3 is 14.7 Å². The molecule has 1 heterocycles. The van der Waals surface area contributed by atoms with Crippen LogP contribution in [0.4, 0.5) is 0 Å². The Morgan fingerprint density at radius 1 is 1.50 bits per heavy atom. The molecule has 1 saturated carbocycles. The summed E-state index contributed by atoms with van der Waals surface area (Å²) in [6.45, 7) is 2.98. The van der Waals surface area contributed by atoms with Gasteiger partial charge in [-0.15, -0.1) is 0 Å². The van der Waals surface area contributed by atoms with Crippen molar-refractivity contribution in [1.29, 1.82) is 0 Å². The monoisotopic (exact) mass is 223 g/mol. The lowest BCUT2D eigenvalue weighted by Crippen LogP contribution is -2.21. The van der Waals surface area contributed by atoms with Gasteiger partial charge in [-0.3, -0.25) is 0 Å². The molecule has 2 rings (SSSR count). The van der Waals surface area contributed by atoms with Crippen molar-refractivity contribution in [3.05, 3.63) is 17.5 Å². The zero-order valence-corrected chi connectivity index (χ0v) is 10.2. The van der Waals surface area contributed by atoms with Crippen molar-refractivity contribution in [2.45, 2.75) is 31.7 Å². The molecule has 1 aromatic heterocycles. The number of nitrogens with one attached hydrogen (secondary N) is 1. The molecule has 1 aromatic rings. The van der Waals surface area contributed by atoms with Crippen molar-refractivity contribution in [3.63, 3.8) is 0 Å². The average molecular weight is 223 g/mol. The Hall–Kier alpha value is -0.870. The van der Waals surface area contributed by atoms with Gasteiger partial charge in [-0.25, -0.2) is 0 Å². The van der Waals surface area contributed by atoms with Crippen LogP contribution in [-0.4, -0.2) is 37.2 Å². The molecule has 0 aromatic carbocycles. The van der Waals surface area contributed by atoms with Crippen LogP contribution in [0.3, 0.4) is 0 Å². The maximum atomic E-state index is 5.29. The van der Waals surface area contributed by atoms with E-state index in [1.54, 1.807) is 0 Å². The number of aromatic nitrogens is 1. The summed E-state index contributed by atoms with van der Waals surface area (Å²) in [4.78, 5) is 2.20. The second-order valence-electron chi connectivity index (χ2n) is 4.83. The molecule has 0 unspecified atom stereocenters. The molecule has 1 aliphatic carbocycles. The Morgan fingerprint density at radius 3 is 3.00 bits per heavy atom. The molecule has 0 aliphatic heterocycles. The van der Waals surface area contributed by atoms with E-state index in [-0.39, 0.29) is 0 Å². The van der Waals surface area contributed by atoms with Crippen molar-refractivity contribution in [3.8, 4) is 0 Å². The van der Waals surface area contributed by atoms with E-state index >= 15 is 0 Å². The highest BCUT2D eigenvalue weighted by molar-refractivity contribution is 5.14. The van der Waals surface area contributed by atoms with Gasteiger partial charge in [0.2, 0.25) is 0 Å². The minimum absolute atomic E-state index is 0.662. The van der Waals surface area contributed by atoms with E-state index in [0.29, 0.717) is 5.92 Å². The largest absolute Gasteiger partial charge is 0.361 e. The van der Waals surface area contributed by atoms with Crippen LogP contribution in [-0.2, 0) is 6.54 Å². The van der Waals surface area contributed by atoms with Crippen molar-refractivity contribution in [2.75, 3.05) is 27.2 Å².